The summed E-state index contributed by atoms with van der Waals surface area (Å²) in [5.74, 6) is 0.680. The number of thiazole rings is 2. The molecule has 0 bridgehead atoms. The summed E-state index contributed by atoms with van der Waals surface area (Å²) in [6.45, 7) is 4.26. The number of hydrogen-bond donors (Lipinski definition) is 0. The van der Waals surface area contributed by atoms with Crippen LogP contribution in [0.15, 0.2) is 23.7 Å². The van der Waals surface area contributed by atoms with Gasteiger partial charge in [-0.3, -0.25) is 0 Å². The Bertz CT molecular complexity index is 746. The summed E-state index contributed by atoms with van der Waals surface area (Å²) in [6, 6.07) is 4.00. The number of hydrogen-bond acceptors (Lipinski definition) is 6. The minimum absolute atomic E-state index is 0.680. The molecule has 4 nitrogen and oxygen atoms in total. The normalized spacial score (nSPS) is 19.0. The zero-order chi connectivity index (χ0) is 14.9. The van der Waals surface area contributed by atoms with Gasteiger partial charge in [-0.2, -0.15) is 0 Å². The summed E-state index contributed by atoms with van der Waals surface area (Å²) in [5.41, 5.74) is 2.16. The maximum Gasteiger partial charge on any atom is 0.187 e. The minimum Gasteiger partial charge on any atom is -0.348 e. The van der Waals surface area contributed by atoms with Crippen LogP contribution in [-0.4, -0.2) is 28.0 Å². The molecule has 114 valence electrons. The predicted octanol–water partition coefficient (Wildman–Crippen LogP) is 3.92. The lowest BCUT2D eigenvalue weighted by atomic mass is 9.95. The summed E-state index contributed by atoms with van der Waals surface area (Å²) in [6.07, 6.45) is 5.46. The number of anilines is 1. The standard InChI is InChI=1S/C16H18N4S2/c1-11-10-21-14(18-11)8-12-4-3-7-20(9-12)16-19-13-5-2-6-17-15(13)22-16/h2,5-6,10,12H,3-4,7-9H2,1H3. The Morgan fingerprint density at radius 1 is 1.36 bits per heavy atom. The van der Waals surface area contributed by atoms with Crippen LogP contribution in [0.25, 0.3) is 10.3 Å². The number of nitrogens with zero attached hydrogens (tertiary/aromatic N) is 4. The third-order valence-corrected chi connectivity index (χ3v) is 6.10. The maximum absolute atomic E-state index is 4.75. The Labute approximate surface area is 137 Å². The molecule has 0 amide bonds. The second kappa shape index (κ2) is 5.93. The molecule has 1 aliphatic rings. The van der Waals surface area contributed by atoms with Crippen molar-refractivity contribution in [2.75, 3.05) is 18.0 Å². The van der Waals surface area contributed by atoms with E-state index >= 15 is 0 Å². The van der Waals surface area contributed by atoms with Gasteiger partial charge in [0.1, 0.15) is 10.3 Å². The molecule has 6 heteroatoms. The van der Waals surface area contributed by atoms with Gasteiger partial charge >= 0.3 is 0 Å². The van der Waals surface area contributed by atoms with E-state index in [1.807, 2.05) is 18.3 Å². The molecule has 4 heterocycles. The molecule has 0 aliphatic carbocycles. The number of rotatable bonds is 3. The predicted molar refractivity (Wildman–Crippen MR) is 92.9 cm³/mol. The molecule has 1 fully saturated rings. The van der Waals surface area contributed by atoms with Gasteiger partial charge < -0.3 is 4.90 Å². The molecule has 1 unspecified atom stereocenters. The van der Waals surface area contributed by atoms with Gasteiger partial charge in [-0.15, -0.1) is 11.3 Å². The van der Waals surface area contributed by atoms with Crippen molar-refractivity contribution in [1.29, 1.82) is 0 Å². The molecule has 4 rings (SSSR count). The molecule has 3 aromatic rings. The van der Waals surface area contributed by atoms with Crippen LogP contribution in [0.2, 0.25) is 0 Å². The summed E-state index contributed by atoms with van der Waals surface area (Å²) >= 11 is 3.50. The topological polar surface area (TPSA) is 41.9 Å². The molecule has 0 saturated carbocycles. The third-order valence-electron chi connectivity index (χ3n) is 4.07. The zero-order valence-electron chi connectivity index (χ0n) is 12.5. The van der Waals surface area contributed by atoms with Crippen LogP contribution < -0.4 is 4.90 Å². The van der Waals surface area contributed by atoms with E-state index in [4.69, 9.17) is 4.98 Å². The smallest absolute Gasteiger partial charge is 0.187 e. The first-order valence-corrected chi connectivity index (χ1v) is 9.35. The van der Waals surface area contributed by atoms with Crippen LogP contribution in [-0.2, 0) is 6.42 Å². The van der Waals surface area contributed by atoms with Gasteiger partial charge in [-0.25, -0.2) is 15.0 Å². The highest BCUT2D eigenvalue weighted by Crippen LogP contribution is 2.31. The van der Waals surface area contributed by atoms with E-state index in [1.165, 1.54) is 17.8 Å². The number of pyridine rings is 1. The van der Waals surface area contributed by atoms with E-state index in [-0.39, 0.29) is 0 Å². The van der Waals surface area contributed by atoms with Gasteiger partial charge in [0.05, 0.1) is 5.01 Å². The summed E-state index contributed by atoms with van der Waals surface area (Å²) in [4.78, 5) is 17.2. The molecule has 0 radical (unpaired) electrons. The molecule has 0 spiro atoms. The monoisotopic (exact) mass is 330 g/mol. The van der Waals surface area contributed by atoms with Gasteiger partial charge in [0.25, 0.3) is 0 Å². The maximum atomic E-state index is 4.75. The molecule has 1 saturated heterocycles. The van der Waals surface area contributed by atoms with Crippen molar-refractivity contribution >= 4 is 38.2 Å². The number of aryl methyl sites for hydroxylation is 1. The fourth-order valence-corrected chi connectivity index (χ4v) is 4.87. The van der Waals surface area contributed by atoms with Crippen LogP contribution >= 0.6 is 22.7 Å². The first-order chi connectivity index (χ1) is 10.8. The van der Waals surface area contributed by atoms with Crippen LogP contribution in [0.1, 0.15) is 23.5 Å². The summed E-state index contributed by atoms with van der Waals surface area (Å²) in [5, 5.41) is 4.54. The van der Waals surface area contributed by atoms with Crippen LogP contribution in [0.5, 0.6) is 0 Å². The van der Waals surface area contributed by atoms with Crippen molar-refractivity contribution in [1.82, 2.24) is 15.0 Å². The highest BCUT2D eigenvalue weighted by Gasteiger charge is 2.23. The lowest BCUT2D eigenvalue weighted by Crippen LogP contribution is -2.36. The van der Waals surface area contributed by atoms with E-state index in [0.717, 1.165) is 40.7 Å². The van der Waals surface area contributed by atoms with E-state index < -0.39 is 0 Å². The van der Waals surface area contributed by atoms with E-state index in [9.17, 15) is 0 Å². The molecule has 0 aromatic carbocycles. The third kappa shape index (κ3) is 2.85. The quantitative estimate of drug-likeness (QED) is 0.730. The second-order valence-corrected chi connectivity index (χ2v) is 7.76. The lowest BCUT2D eigenvalue weighted by Gasteiger charge is -2.32. The fourth-order valence-electron chi connectivity index (χ4n) is 3.04. The van der Waals surface area contributed by atoms with E-state index in [2.05, 4.69) is 27.2 Å². The minimum atomic E-state index is 0.680. The van der Waals surface area contributed by atoms with Crippen molar-refractivity contribution < 1.29 is 0 Å². The van der Waals surface area contributed by atoms with Gasteiger partial charge in [-0.05, 0) is 37.8 Å². The van der Waals surface area contributed by atoms with Crippen LogP contribution in [0.3, 0.4) is 0 Å². The first-order valence-electron chi connectivity index (χ1n) is 7.65. The average Bonchev–Trinajstić information content (AvgIpc) is 3.13. The fraction of sp³-hybridized carbons (Fsp3) is 0.438. The van der Waals surface area contributed by atoms with Crippen molar-refractivity contribution in [2.24, 2.45) is 5.92 Å². The molecule has 1 atom stereocenters. The molecule has 0 N–H and O–H groups in total. The Morgan fingerprint density at radius 2 is 2.32 bits per heavy atom. The lowest BCUT2D eigenvalue weighted by molar-refractivity contribution is 0.412. The molecule has 22 heavy (non-hydrogen) atoms. The van der Waals surface area contributed by atoms with Crippen LogP contribution in [0.4, 0.5) is 5.13 Å². The van der Waals surface area contributed by atoms with Crippen molar-refractivity contribution in [2.45, 2.75) is 26.2 Å². The van der Waals surface area contributed by atoms with Crippen molar-refractivity contribution in [3.63, 3.8) is 0 Å². The van der Waals surface area contributed by atoms with Gasteiger partial charge in [0.15, 0.2) is 5.13 Å². The van der Waals surface area contributed by atoms with E-state index in [1.54, 1.807) is 22.7 Å². The SMILES string of the molecule is Cc1csc(CC2CCCN(c3nc4cccnc4s3)C2)n1. The number of piperidine rings is 1. The Morgan fingerprint density at radius 3 is 3.14 bits per heavy atom. The van der Waals surface area contributed by atoms with E-state index in [0.29, 0.717) is 5.92 Å². The Hall–Kier alpha value is -1.53. The molecular formula is C16H18N4S2. The largest absolute Gasteiger partial charge is 0.348 e. The van der Waals surface area contributed by atoms with Crippen molar-refractivity contribution in [3.8, 4) is 0 Å². The Kier molecular flexibility index (Phi) is 3.80. The van der Waals surface area contributed by atoms with Gasteiger partial charge in [-0.1, -0.05) is 11.3 Å². The van der Waals surface area contributed by atoms with Gasteiger partial charge in [0.2, 0.25) is 0 Å². The highest BCUT2D eigenvalue weighted by molar-refractivity contribution is 7.21. The van der Waals surface area contributed by atoms with Crippen molar-refractivity contribution in [3.05, 3.63) is 34.4 Å². The van der Waals surface area contributed by atoms with Gasteiger partial charge in [0, 0.05) is 36.8 Å². The zero-order valence-corrected chi connectivity index (χ0v) is 14.2. The number of aromatic nitrogens is 3. The second-order valence-electron chi connectivity index (χ2n) is 5.87. The molecule has 3 aromatic heterocycles. The van der Waals surface area contributed by atoms with Crippen LogP contribution in [0, 0.1) is 12.8 Å². The molecular weight excluding hydrogens is 312 g/mol. The average molecular weight is 330 g/mol. The first kappa shape index (κ1) is 14.1. The number of fused-ring (bicyclic) bond motifs is 1. The Balaban J connectivity index is 1.50. The summed E-state index contributed by atoms with van der Waals surface area (Å²) in [7, 11) is 0. The summed E-state index contributed by atoms with van der Waals surface area (Å²) < 4.78 is 0. The molecule has 1 aliphatic heterocycles. The highest BCUT2D eigenvalue weighted by atomic mass is 32.1.